The number of piperidine rings is 1. The van der Waals surface area contributed by atoms with E-state index in [1.165, 1.54) is 24.3 Å². The first-order valence-corrected chi connectivity index (χ1v) is 14.7. The summed E-state index contributed by atoms with van der Waals surface area (Å²) in [5.74, 6) is -2.08. The van der Waals surface area contributed by atoms with E-state index in [0.717, 1.165) is 0 Å². The van der Waals surface area contributed by atoms with Crippen LogP contribution in [-0.2, 0) is 9.59 Å². The van der Waals surface area contributed by atoms with Crippen LogP contribution in [0.4, 0.5) is 4.39 Å². The van der Waals surface area contributed by atoms with Gasteiger partial charge < -0.3 is 30.5 Å². The first-order chi connectivity index (χ1) is 20.8. The average Bonchev–Trinajstić information content (AvgIpc) is 2.98. The third-order valence-electron chi connectivity index (χ3n) is 8.08. The lowest BCUT2D eigenvalue weighted by Gasteiger charge is -2.47. The Balaban J connectivity index is 1.51. The van der Waals surface area contributed by atoms with E-state index >= 15 is 4.39 Å². The number of hydrogen-bond donors (Lipinski definition) is 3. The molecular weight excluding hydrogens is 589 g/mol. The number of nitrogens with zero attached hydrogens (tertiary/aromatic N) is 2. The predicted molar refractivity (Wildman–Crippen MR) is 165 cm³/mol. The molecule has 0 aromatic heterocycles. The number of ether oxygens (including phenoxy) is 1. The van der Waals surface area contributed by atoms with Crippen molar-refractivity contribution < 1.29 is 33.7 Å². The van der Waals surface area contributed by atoms with Gasteiger partial charge in [-0.3, -0.25) is 14.4 Å². The number of amides is 2. The number of nitrogens with two attached hydrogens (primary N) is 1. The van der Waals surface area contributed by atoms with Crippen molar-refractivity contribution in [1.29, 1.82) is 0 Å². The molecule has 11 heteroatoms. The maximum atomic E-state index is 15.4. The van der Waals surface area contributed by atoms with Gasteiger partial charge in [-0.15, -0.1) is 0 Å². The van der Waals surface area contributed by atoms with Gasteiger partial charge >= 0.3 is 5.97 Å². The number of benzene rings is 2. The van der Waals surface area contributed by atoms with E-state index < -0.39 is 35.3 Å². The highest BCUT2D eigenvalue weighted by Gasteiger charge is 2.48. The molecule has 2 aliphatic rings. The molecule has 2 aliphatic heterocycles. The zero-order valence-corrected chi connectivity index (χ0v) is 25.7. The molecule has 0 spiro atoms. The van der Waals surface area contributed by atoms with Crippen molar-refractivity contribution in [3.63, 3.8) is 0 Å². The van der Waals surface area contributed by atoms with Crippen molar-refractivity contribution >= 4 is 29.4 Å². The molecule has 44 heavy (non-hydrogen) atoms. The average molecular weight is 626 g/mol. The number of aliphatic hydroxyl groups excluding tert-OH is 1. The van der Waals surface area contributed by atoms with Crippen LogP contribution in [0.2, 0.25) is 0 Å². The minimum Gasteiger partial charge on any atom is -0.489 e. The number of rotatable bonds is 9. The van der Waals surface area contributed by atoms with Crippen molar-refractivity contribution in [3.05, 3.63) is 89.0 Å². The summed E-state index contributed by atoms with van der Waals surface area (Å²) in [5, 5.41) is 20.1. The fraction of sp³-hybridized carbons (Fsp3) is 0.364. The van der Waals surface area contributed by atoms with Gasteiger partial charge in [0.1, 0.15) is 23.8 Å². The molecule has 2 amide bonds. The molecule has 0 bridgehead atoms. The summed E-state index contributed by atoms with van der Waals surface area (Å²) < 4.78 is 21.2. The molecule has 2 aromatic carbocycles. The van der Waals surface area contributed by atoms with Gasteiger partial charge in [-0.2, -0.15) is 0 Å². The van der Waals surface area contributed by atoms with Crippen LogP contribution in [0.15, 0.2) is 77.6 Å². The van der Waals surface area contributed by atoms with Crippen LogP contribution in [0, 0.1) is 11.2 Å². The lowest BCUT2D eigenvalue weighted by atomic mass is 9.78. The summed E-state index contributed by atoms with van der Waals surface area (Å²) in [7, 11) is 0. The minimum absolute atomic E-state index is 0.0892. The summed E-state index contributed by atoms with van der Waals surface area (Å²) in [4.78, 5) is 41.1. The predicted octanol–water partition coefficient (Wildman–Crippen LogP) is 5.05. The van der Waals surface area contributed by atoms with Crippen LogP contribution in [0.5, 0.6) is 5.75 Å². The summed E-state index contributed by atoms with van der Waals surface area (Å²) in [6.45, 7) is 9.06. The molecule has 2 heterocycles. The summed E-state index contributed by atoms with van der Waals surface area (Å²) in [6.07, 6.45) is 1.72. The number of allylic oxidation sites excluding steroid dienone is 3. The Hall–Kier alpha value is -4.15. The Labute approximate surface area is 261 Å². The molecule has 234 valence electrons. The first-order valence-electron chi connectivity index (χ1n) is 14.3. The van der Waals surface area contributed by atoms with E-state index in [9.17, 15) is 19.5 Å². The summed E-state index contributed by atoms with van der Waals surface area (Å²) in [6, 6.07) is 10.9. The SMILES string of the molecule is C=C/C(Cl)=C\C1=C(N)C(O)C(C)(C)C(=O)N1C1CCN(C(=O)c2ccc(-c3ccccc3O[C@H](C)CC(=O)O)cc2F)CC1. The second-order valence-electron chi connectivity index (χ2n) is 11.6. The molecule has 1 unspecified atom stereocenters. The number of likely N-dealkylation sites (tertiary alicyclic amines) is 1. The molecule has 4 rings (SSSR count). The lowest BCUT2D eigenvalue weighted by molar-refractivity contribution is -0.148. The van der Waals surface area contributed by atoms with Crippen LogP contribution in [-0.4, -0.2) is 69.1 Å². The third-order valence-corrected chi connectivity index (χ3v) is 8.34. The number of aliphatic hydroxyl groups is 1. The smallest absolute Gasteiger partial charge is 0.307 e. The number of aliphatic carboxylic acids is 1. The number of carbonyl (C=O) groups excluding carboxylic acids is 2. The summed E-state index contributed by atoms with van der Waals surface area (Å²) in [5.41, 5.74) is 6.51. The molecule has 4 N–H and O–H groups in total. The van der Waals surface area contributed by atoms with Crippen molar-refractivity contribution in [1.82, 2.24) is 9.80 Å². The molecule has 9 nitrogen and oxygen atoms in total. The minimum atomic E-state index is -1.20. The Kier molecular flexibility index (Phi) is 9.85. The number of carboxylic acid groups (broad SMARTS) is 1. The molecule has 2 atom stereocenters. The Bertz CT molecular complexity index is 1530. The quantitative estimate of drug-likeness (QED) is 0.332. The number of halogens is 2. The third kappa shape index (κ3) is 6.66. The Morgan fingerprint density at radius 2 is 1.89 bits per heavy atom. The zero-order chi connectivity index (χ0) is 32.3. The van der Waals surface area contributed by atoms with Crippen molar-refractivity contribution in [2.75, 3.05) is 13.1 Å². The van der Waals surface area contributed by atoms with Crippen LogP contribution < -0.4 is 10.5 Å². The standard InChI is InChI=1S/C33H37ClFN3O6/c1-5-21(34)18-26-29(36)30(41)33(3,4)32(43)38(26)22-12-14-37(15-13-22)31(42)24-11-10-20(17-25(24)35)23-8-6-7-9-27(23)44-19(2)16-28(39)40/h5-11,17-19,22,30,41H,1,12-16,36H2,2-4H3,(H,39,40)/b21-18+/t19-,30?/m1/s1. The first kappa shape index (κ1) is 32.8. The Morgan fingerprint density at radius 3 is 2.50 bits per heavy atom. The molecular formula is C33H37ClFN3O6. The van der Waals surface area contributed by atoms with Crippen LogP contribution in [0.3, 0.4) is 0 Å². The largest absolute Gasteiger partial charge is 0.489 e. The maximum absolute atomic E-state index is 15.4. The Morgan fingerprint density at radius 1 is 1.23 bits per heavy atom. The van der Waals surface area contributed by atoms with E-state index in [1.54, 1.807) is 60.9 Å². The monoisotopic (exact) mass is 625 g/mol. The molecule has 0 radical (unpaired) electrons. The van der Waals surface area contributed by atoms with Gasteiger partial charge in [-0.25, -0.2) is 4.39 Å². The van der Waals surface area contributed by atoms with Crippen LogP contribution in [0.25, 0.3) is 11.1 Å². The molecule has 1 saturated heterocycles. The van der Waals surface area contributed by atoms with E-state index in [1.807, 2.05) is 0 Å². The van der Waals surface area contributed by atoms with Crippen molar-refractivity contribution in [3.8, 4) is 16.9 Å². The van der Waals surface area contributed by atoms with Crippen molar-refractivity contribution in [2.45, 2.75) is 58.3 Å². The maximum Gasteiger partial charge on any atom is 0.307 e. The van der Waals surface area contributed by atoms with Gasteiger partial charge in [0.15, 0.2) is 0 Å². The van der Waals surface area contributed by atoms with E-state index in [2.05, 4.69) is 6.58 Å². The fourth-order valence-corrected chi connectivity index (χ4v) is 5.68. The topological polar surface area (TPSA) is 133 Å². The molecule has 0 aliphatic carbocycles. The number of carbonyl (C=O) groups is 3. The van der Waals surface area contributed by atoms with Crippen LogP contribution in [0.1, 0.15) is 50.4 Å². The number of hydrogen-bond acceptors (Lipinski definition) is 6. The fourth-order valence-electron chi connectivity index (χ4n) is 5.58. The van der Waals surface area contributed by atoms with Gasteiger partial charge in [0.2, 0.25) is 5.91 Å². The number of carboxylic acids is 1. The second kappa shape index (κ2) is 13.2. The van der Waals surface area contributed by atoms with E-state index in [-0.39, 0.29) is 47.8 Å². The van der Waals surface area contributed by atoms with Gasteiger partial charge in [0, 0.05) is 29.7 Å². The highest BCUT2D eigenvalue weighted by molar-refractivity contribution is 6.31. The van der Waals surface area contributed by atoms with Gasteiger partial charge in [0.25, 0.3) is 5.91 Å². The lowest BCUT2D eigenvalue weighted by Crippen LogP contribution is -2.58. The second-order valence-corrected chi connectivity index (χ2v) is 12.1. The highest BCUT2D eigenvalue weighted by Crippen LogP contribution is 2.39. The molecule has 1 fully saturated rings. The van der Waals surface area contributed by atoms with Gasteiger partial charge in [0.05, 0.1) is 28.8 Å². The van der Waals surface area contributed by atoms with E-state index in [0.29, 0.717) is 35.4 Å². The normalized spacial score (nSPS) is 20.0. The molecule has 2 aromatic rings. The van der Waals surface area contributed by atoms with E-state index in [4.69, 9.17) is 27.2 Å². The van der Waals surface area contributed by atoms with Crippen molar-refractivity contribution in [2.24, 2.45) is 11.1 Å². The van der Waals surface area contributed by atoms with Gasteiger partial charge in [-0.1, -0.05) is 48.5 Å². The summed E-state index contributed by atoms with van der Waals surface area (Å²) >= 11 is 6.20. The highest BCUT2D eigenvalue weighted by atomic mass is 35.5. The number of para-hydroxylation sites is 1. The molecule has 0 saturated carbocycles. The van der Waals surface area contributed by atoms with Crippen LogP contribution >= 0.6 is 11.6 Å². The van der Waals surface area contributed by atoms with Gasteiger partial charge in [-0.05, 0) is 63.5 Å². The zero-order valence-electron chi connectivity index (χ0n) is 24.9.